The van der Waals surface area contributed by atoms with E-state index in [0.717, 1.165) is 17.5 Å². The number of nitrogens with one attached hydrogen (secondary N) is 1. The molecule has 0 bridgehead atoms. The highest BCUT2D eigenvalue weighted by Gasteiger charge is 2.13. The van der Waals surface area contributed by atoms with E-state index >= 15 is 0 Å². The van der Waals surface area contributed by atoms with Crippen LogP contribution in [0.3, 0.4) is 0 Å². The summed E-state index contributed by atoms with van der Waals surface area (Å²) in [5.74, 6) is 0.940. The number of benzene rings is 3. The average Bonchev–Trinajstić information content (AvgIpc) is 3.26. The third-order valence-corrected chi connectivity index (χ3v) is 7.33. The van der Waals surface area contributed by atoms with Crippen molar-refractivity contribution in [1.82, 2.24) is 10.2 Å². The zero-order valence-electron chi connectivity index (χ0n) is 17.3. The minimum absolute atomic E-state index is 0.122. The average molecular weight is 516 g/mol. The largest absolute Gasteiger partial charge is 0.483 e. The number of aromatic nitrogens is 2. The molecule has 9 heteroatoms. The lowest BCUT2D eigenvalue weighted by molar-refractivity contribution is -0.118. The molecule has 0 aliphatic carbocycles. The topological polar surface area (TPSA) is 64.1 Å². The van der Waals surface area contributed by atoms with E-state index in [1.807, 2.05) is 42.5 Å². The van der Waals surface area contributed by atoms with Crippen LogP contribution >= 0.6 is 46.3 Å². The lowest BCUT2D eigenvalue weighted by Gasteiger charge is -2.11. The predicted molar refractivity (Wildman–Crippen MR) is 136 cm³/mol. The van der Waals surface area contributed by atoms with Crippen molar-refractivity contribution in [2.24, 2.45) is 0 Å². The first-order valence-corrected chi connectivity index (χ1v) is 12.6. The van der Waals surface area contributed by atoms with Gasteiger partial charge in [-0.2, -0.15) is 0 Å². The summed E-state index contributed by atoms with van der Waals surface area (Å²) in [6.45, 7) is -0.122. The van der Waals surface area contributed by atoms with Gasteiger partial charge in [-0.1, -0.05) is 101 Å². The Balaban J connectivity index is 1.30. The van der Waals surface area contributed by atoms with Gasteiger partial charge in [0.25, 0.3) is 5.91 Å². The van der Waals surface area contributed by atoms with Crippen LogP contribution < -0.4 is 10.1 Å². The van der Waals surface area contributed by atoms with E-state index in [-0.39, 0.29) is 12.5 Å². The molecule has 4 rings (SSSR count). The van der Waals surface area contributed by atoms with Gasteiger partial charge < -0.3 is 4.74 Å². The first-order chi connectivity index (χ1) is 16.1. The number of hydrogen-bond acceptors (Lipinski definition) is 6. The Labute approximate surface area is 210 Å². The number of hydrogen-bond donors (Lipinski definition) is 1. The number of thioether (sulfide) groups is 1. The Hall–Kier alpha value is -2.58. The molecule has 0 aliphatic heterocycles. The fourth-order valence-electron chi connectivity index (χ4n) is 3.03. The number of rotatable bonds is 9. The lowest BCUT2D eigenvalue weighted by Crippen LogP contribution is -2.20. The third kappa shape index (κ3) is 6.71. The Morgan fingerprint density at radius 2 is 1.67 bits per heavy atom. The standard InChI is InChI=1S/C24H19Cl2N3O2S2/c25-19-10-6-11-20(26)18(19)15-32-24-29-28-23(33-24)27-22(30)14-31-21-12-5-4-9-17(21)13-16-7-2-1-3-8-16/h1-12H,13-15H2,(H,27,28,30). The van der Waals surface area contributed by atoms with Crippen LogP contribution in [0.4, 0.5) is 5.13 Å². The number of para-hydroxylation sites is 1. The van der Waals surface area contributed by atoms with Crippen molar-refractivity contribution >= 4 is 57.3 Å². The van der Waals surface area contributed by atoms with Gasteiger partial charge in [0.05, 0.1) is 0 Å². The van der Waals surface area contributed by atoms with E-state index in [9.17, 15) is 4.79 Å². The minimum atomic E-state index is -0.300. The second-order valence-electron chi connectivity index (χ2n) is 6.97. The number of nitrogens with zero attached hydrogens (tertiary/aromatic N) is 2. The zero-order chi connectivity index (χ0) is 23.0. The van der Waals surface area contributed by atoms with E-state index in [4.69, 9.17) is 27.9 Å². The molecule has 5 nitrogen and oxygen atoms in total. The highest BCUT2D eigenvalue weighted by molar-refractivity contribution is 8.00. The summed E-state index contributed by atoms with van der Waals surface area (Å²) < 4.78 is 6.50. The smallest absolute Gasteiger partial charge is 0.264 e. The van der Waals surface area contributed by atoms with Gasteiger partial charge in [0, 0.05) is 22.2 Å². The number of amides is 1. The molecule has 1 heterocycles. The Morgan fingerprint density at radius 1 is 0.939 bits per heavy atom. The van der Waals surface area contributed by atoms with Crippen molar-refractivity contribution in [2.75, 3.05) is 11.9 Å². The summed E-state index contributed by atoms with van der Waals surface area (Å²) in [5.41, 5.74) is 3.04. The van der Waals surface area contributed by atoms with Crippen LogP contribution in [0.5, 0.6) is 5.75 Å². The van der Waals surface area contributed by atoms with E-state index in [1.165, 1.54) is 28.7 Å². The molecule has 33 heavy (non-hydrogen) atoms. The molecule has 0 aliphatic rings. The molecule has 3 aromatic carbocycles. The fraction of sp³-hybridized carbons (Fsp3) is 0.125. The fourth-order valence-corrected chi connectivity index (χ4v) is 5.54. The van der Waals surface area contributed by atoms with Gasteiger partial charge in [0.15, 0.2) is 10.9 Å². The monoisotopic (exact) mass is 515 g/mol. The Morgan fingerprint density at radius 3 is 2.45 bits per heavy atom. The molecular weight excluding hydrogens is 497 g/mol. The summed E-state index contributed by atoms with van der Waals surface area (Å²) in [6, 6.07) is 23.2. The molecule has 168 valence electrons. The number of anilines is 1. The van der Waals surface area contributed by atoms with Crippen LogP contribution in [0.15, 0.2) is 77.1 Å². The number of carbonyl (C=O) groups excluding carboxylic acids is 1. The SMILES string of the molecule is O=C(COc1ccccc1Cc1ccccc1)Nc1nnc(SCc2c(Cl)cccc2Cl)s1. The molecule has 1 aromatic heterocycles. The van der Waals surface area contributed by atoms with Gasteiger partial charge in [-0.05, 0) is 34.9 Å². The Kier molecular flexibility index (Phi) is 8.23. The van der Waals surface area contributed by atoms with Crippen LogP contribution in [-0.4, -0.2) is 22.7 Å². The van der Waals surface area contributed by atoms with Crippen LogP contribution in [0.1, 0.15) is 16.7 Å². The van der Waals surface area contributed by atoms with Gasteiger partial charge in [0.2, 0.25) is 5.13 Å². The molecule has 0 fully saturated rings. The zero-order valence-corrected chi connectivity index (χ0v) is 20.5. The van der Waals surface area contributed by atoms with E-state index in [2.05, 4.69) is 27.6 Å². The van der Waals surface area contributed by atoms with Gasteiger partial charge in [-0.25, -0.2) is 0 Å². The van der Waals surface area contributed by atoms with Crippen molar-refractivity contribution < 1.29 is 9.53 Å². The molecule has 0 saturated heterocycles. The van der Waals surface area contributed by atoms with Crippen molar-refractivity contribution in [1.29, 1.82) is 0 Å². The van der Waals surface area contributed by atoms with Gasteiger partial charge in [0.1, 0.15) is 5.75 Å². The molecular formula is C24H19Cl2N3O2S2. The molecule has 4 aromatic rings. The van der Waals surface area contributed by atoms with Crippen LogP contribution in [0, 0.1) is 0 Å². The summed E-state index contributed by atoms with van der Waals surface area (Å²) in [4.78, 5) is 12.4. The quantitative estimate of drug-likeness (QED) is 0.197. The molecule has 0 radical (unpaired) electrons. The number of halogens is 2. The molecule has 0 spiro atoms. The first-order valence-electron chi connectivity index (χ1n) is 10.0. The second kappa shape index (κ2) is 11.5. The number of ether oxygens (including phenoxy) is 1. The van der Waals surface area contributed by atoms with Crippen LogP contribution in [0.2, 0.25) is 10.0 Å². The molecule has 1 amide bonds. The van der Waals surface area contributed by atoms with Gasteiger partial charge in [-0.3, -0.25) is 10.1 Å². The summed E-state index contributed by atoms with van der Waals surface area (Å²) in [7, 11) is 0. The van der Waals surface area contributed by atoms with Crippen molar-refractivity contribution in [3.63, 3.8) is 0 Å². The van der Waals surface area contributed by atoms with Gasteiger partial charge >= 0.3 is 0 Å². The van der Waals surface area contributed by atoms with Crippen molar-refractivity contribution in [3.05, 3.63) is 99.5 Å². The highest BCUT2D eigenvalue weighted by atomic mass is 35.5. The summed E-state index contributed by atoms with van der Waals surface area (Å²) in [5, 5.41) is 12.5. The molecule has 1 N–H and O–H groups in total. The molecule has 0 atom stereocenters. The van der Waals surface area contributed by atoms with Crippen molar-refractivity contribution in [2.45, 2.75) is 16.5 Å². The van der Waals surface area contributed by atoms with E-state index in [1.54, 1.807) is 18.2 Å². The lowest BCUT2D eigenvalue weighted by atomic mass is 10.0. The van der Waals surface area contributed by atoms with E-state index in [0.29, 0.717) is 31.0 Å². The second-order valence-corrected chi connectivity index (χ2v) is 9.98. The van der Waals surface area contributed by atoms with Crippen LogP contribution in [-0.2, 0) is 17.0 Å². The van der Waals surface area contributed by atoms with Crippen molar-refractivity contribution in [3.8, 4) is 5.75 Å². The maximum Gasteiger partial charge on any atom is 0.264 e. The number of carbonyl (C=O) groups is 1. The highest BCUT2D eigenvalue weighted by Crippen LogP contribution is 2.33. The normalized spacial score (nSPS) is 10.7. The summed E-state index contributed by atoms with van der Waals surface area (Å²) in [6.07, 6.45) is 0.727. The van der Waals surface area contributed by atoms with E-state index < -0.39 is 0 Å². The van der Waals surface area contributed by atoms with Crippen LogP contribution in [0.25, 0.3) is 0 Å². The van der Waals surface area contributed by atoms with Gasteiger partial charge in [-0.15, -0.1) is 10.2 Å². The maximum absolute atomic E-state index is 12.4. The maximum atomic E-state index is 12.4. The minimum Gasteiger partial charge on any atom is -0.483 e. The third-order valence-electron chi connectivity index (χ3n) is 4.62. The molecule has 0 unspecified atom stereocenters. The Bertz CT molecular complexity index is 1220. The summed E-state index contributed by atoms with van der Waals surface area (Å²) >= 11 is 15.2. The predicted octanol–water partition coefficient (Wildman–Crippen LogP) is 6.75. The first kappa shape index (κ1) is 23.6. The molecule has 0 saturated carbocycles.